The number of amides is 1. The normalized spacial score (nSPS) is 12.2. The largest absolute Gasteiger partial charge is 0.497 e. The molecule has 0 bridgehead atoms. The molecule has 0 aromatic heterocycles. The van der Waals surface area contributed by atoms with Crippen LogP contribution < -0.4 is 19.5 Å². The summed E-state index contributed by atoms with van der Waals surface area (Å²) < 4.78 is 35.6. The maximum atomic E-state index is 12.5. The molecule has 0 fully saturated rings. The Kier molecular flexibility index (Phi) is 6.10. The molecule has 140 valence electrons. The van der Waals surface area contributed by atoms with Crippen molar-refractivity contribution in [3.05, 3.63) is 53.6 Å². The van der Waals surface area contributed by atoms with Gasteiger partial charge in [-0.25, -0.2) is 8.42 Å². The highest BCUT2D eigenvalue weighted by Crippen LogP contribution is 2.29. The summed E-state index contributed by atoms with van der Waals surface area (Å²) in [5, 5.41) is 2.88. The van der Waals surface area contributed by atoms with Crippen molar-refractivity contribution >= 4 is 21.6 Å². The van der Waals surface area contributed by atoms with Crippen molar-refractivity contribution in [3.8, 4) is 11.5 Å². The van der Waals surface area contributed by atoms with Crippen molar-refractivity contribution in [2.24, 2.45) is 0 Å². The van der Waals surface area contributed by atoms with E-state index in [1.54, 1.807) is 50.6 Å². The number of anilines is 1. The predicted octanol–water partition coefficient (Wildman–Crippen LogP) is 2.57. The van der Waals surface area contributed by atoms with Crippen LogP contribution in [0.25, 0.3) is 0 Å². The van der Waals surface area contributed by atoms with Gasteiger partial charge in [0.15, 0.2) is 0 Å². The fraction of sp³-hybridized carbons (Fsp3) is 0.278. The Morgan fingerprint density at radius 1 is 1.08 bits per heavy atom. The molecule has 1 atom stereocenters. The van der Waals surface area contributed by atoms with Crippen molar-refractivity contribution in [3.63, 3.8) is 0 Å². The number of carbonyl (C=O) groups excluding carboxylic acids is 1. The van der Waals surface area contributed by atoms with Gasteiger partial charge >= 0.3 is 0 Å². The molecule has 1 amide bonds. The Balaban J connectivity index is 2.21. The molecule has 0 spiro atoms. The topological polar surface area (TPSA) is 93.7 Å². The zero-order valence-corrected chi connectivity index (χ0v) is 15.9. The fourth-order valence-electron chi connectivity index (χ4n) is 2.47. The van der Waals surface area contributed by atoms with Gasteiger partial charge < -0.3 is 14.8 Å². The quantitative estimate of drug-likeness (QED) is 0.772. The van der Waals surface area contributed by atoms with Crippen molar-refractivity contribution in [2.45, 2.75) is 13.0 Å². The molecule has 26 heavy (non-hydrogen) atoms. The zero-order chi connectivity index (χ0) is 19.3. The average Bonchev–Trinajstić information content (AvgIpc) is 2.59. The monoisotopic (exact) mass is 378 g/mol. The Labute approximate surface area is 153 Å². The first kappa shape index (κ1) is 19.6. The molecular weight excluding hydrogens is 356 g/mol. The lowest BCUT2D eigenvalue weighted by Gasteiger charge is -2.18. The molecular formula is C18H22N2O5S. The van der Waals surface area contributed by atoms with Gasteiger partial charge in [0.05, 0.1) is 26.5 Å². The van der Waals surface area contributed by atoms with Crippen LogP contribution in [-0.2, 0) is 10.0 Å². The van der Waals surface area contributed by atoms with Gasteiger partial charge in [-0.2, -0.15) is 0 Å². The predicted molar refractivity (Wildman–Crippen MR) is 100 cm³/mol. The van der Waals surface area contributed by atoms with Gasteiger partial charge in [0, 0.05) is 16.8 Å². The third-order valence-corrected chi connectivity index (χ3v) is 4.29. The first-order valence-electron chi connectivity index (χ1n) is 7.84. The van der Waals surface area contributed by atoms with Gasteiger partial charge in [-0.15, -0.1) is 0 Å². The third kappa shape index (κ3) is 5.13. The van der Waals surface area contributed by atoms with E-state index in [-0.39, 0.29) is 11.9 Å². The molecule has 2 aromatic carbocycles. The van der Waals surface area contributed by atoms with Crippen molar-refractivity contribution < 1.29 is 22.7 Å². The van der Waals surface area contributed by atoms with Crippen LogP contribution in [0.3, 0.4) is 0 Å². The van der Waals surface area contributed by atoms with Crippen LogP contribution in [0.2, 0.25) is 0 Å². The van der Waals surface area contributed by atoms with E-state index in [1.165, 1.54) is 6.07 Å². The minimum Gasteiger partial charge on any atom is -0.497 e. The van der Waals surface area contributed by atoms with E-state index in [2.05, 4.69) is 10.0 Å². The third-order valence-electron chi connectivity index (χ3n) is 3.68. The van der Waals surface area contributed by atoms with Crippen molar-refractivity contribution in [2.75, 3.05) is 25.2 Å². The van der Waals surface area contributed by atoms with Gasteiger partial charge in [0.2, 0.25) is 10.0 Å². The van der Waals surface area contributed by atoms with Gasteiger partial charge in [-0.05, 0) is 43.3 Å². The second kappa shape index (κ2) is 8.09. The number of sulfonamides is 1. The number of ether oxygens (including phenoxy) is 2. The minimum absolute atomic E-state index is 0.326. The summed E-state index contributed by atoms with van der Waals surface area (Å²) in [5.41, 5.74) is 1.43. The first-order valence-corrected chi connectivity index (χ1v) is 9.73. The van der Waals surface area contributed by atoms with Crippen LogP contribution in [-0.4, -0.2) is 34.8 Å². The van der Waals surface area contributed by atoms with Crippen LogP contribution in [0.1, 0.15) is 28.9 Å². The summed E-state index contributed by atoms with van der Waals surface area (Å²) >= 11 is 0. The number of methoxy groups -OCH3 is 2. The molecule has 0 aliphatic heterocycles. The van der Waals surface area contributed by atoms with E-state index in [9.17, 15) is 13.2 Å². The van der Waals surface area contributed by atoms with Crippen LogP contribution in [0, 0.1) is 0 Å². The van der Waals surface area contributed by atoms with Gasteiger partial charge in [-0.3, -0.25) is 9.52 Å². The summed E-state index contributed by atoms with van der Waals surface area (Å²) in [6, 6.07) is 11.3. The molecule has 7 nitrogen and oxygen atoms in total. The van der Waals surface area contributed by atoms with E-state index >= 15 is 0 Å². The molecule has 0 saturated carbocycles. The maximum Gasteiger partial charge on any atom is 0.251 e. The smallest absolute Gasteiger partial charge is 0.251 e. The highest BCUT2D eigenvalue weighted by Gasteiger charge is 2.17. The standard InChI is InChI=1S/C18H22N2O5S/c1-12(16-11-15(24-2)8-9-17(16)25-3)19-18(21)13-6-5-7-14(10-13)20-26(4,22)23/h5-12,20H,1-4H3,(H,19,21)/t12-/m0/s1. The van der Waals surface area contributed by atoms with Crippen LogP contribution in [0.5, 0.6) is 11.5 Å². The number of carbonyl (C=O) groups is 1. The van der Waals surface area contributed by atoms with Gasteiger partial charge in [-0.1, -0.05) is 6.07 Å². The van der Waals surface area contributed by atoms with Crippen LogP contribution in [0.15, 0.2) is 42.5 Å². The molecule has 0 aliphatic rings. The van der Waals surface area contributed by atoms with E-state index < -0.39 is 10.0 Å². The summed E-state index contributed by atoms with van der Waals surface area (Å²) in [6.07, 6.45) is 1.05. The number of nitrogens with one attached hydrogen (secondary N) is 2. The summed E-state index contributed by atoms with van der Waals surface area (Å²) in [7, 11) is -0.294. The first-order chi connectivity index (χ1) is 12.2. The van der Waals surface area contributed by atoms with E-state index in [4.69, 9.17) is 9.47 Å². The number of benzene rings is 2. The number of hydrogen-bond acceptors (Lipinski definition) is 5. The lowest BCUT2D eigenvalue weighted by molar-refractivity contribution is 0.0939. The molecule has 0 unspecified atom stereocenters. The summed E-state index contributed by atoms with van der Waals surface area (Å²) in [4.78, 5) is 12.5. The van der Waals surface area contributed by atoms with E-state index in [1.807, 2.05) is 6.92 Å². The van der Waals surface area contributed by atoms with Crippen LogP contribution >= 0.6 is 0 Å². The van der Waals surface area contributed by atoms with E-state index in [0.29, 0.717) is 22.7 Å². The minimum atomic E-state index is -3.41. The average molecular weight is 378 g/mol. The Hall–Kier alpha value is -2.74. The Morgan fingerprint density at radius 2 is 1.81 bits per heavy atom. The molecule has 0 saturated heterocycles. The molecule has 2 aromatic rings. The second-order valence-corrected chi connectivity index (χ2v) is 7.51. The molecule has 2 N–H and O–H groups in total. The SMILES string of the molecule is COc1ccc(OC)c([C@H](C)NC(=O)c2cccc(NS(C)(=O)=O)c2)c1. The van der Waals surface area contributed by atoms with Crippen LogP contribution in [0.4, 0.5) is 5.69 Å². The Bertz CT molecular complexity index is 896. The lowest BCUT2D eigenvalue weighted by Crippen LogP contribution is -2.27. The maximum absolute atomic E-state index is 12.5. The summed E-state index contributed by atoms with van der Waals surface area (Å²) in [5.74, 6) is 0.951. The lowest BCUT2D eigenvalue weighted by atomic mass is 10.1. The fourth-order valence-corrected chi connectivity index (χ4v) is 3.03. The van der Waals surface area contributed by atoms with Crippen molar-refractivity contribution in [1.29, 1.82) is 0 Å². The molecule has 0 heterocycles. The number of hydrogen-bond donors (Lipinski definition) is 2. The van der Waals surface area contributed by atoms with Crippen molar-refractivity contribution in [1.82, 2.24) is 5.32 Å². The highest BCUT2D eigenvalue weighted by molar-refractivity contribution is 7.92. The van der Waals surface area contributed by atoms with Gasteiger partial charge in [0.25, 0.3) is 5.91 Å². The number of rotatable bonds is 7. The summed E-state index contributed by atoms with van der Waals surface area (Å²) in [6.45, 7) is 1.83. The molecule has 8 heteroatoms. The highest BCUT2D eigenvalue weighted by atomic mass is 32.2. The molecule has 2 rings (SSSR count). The molecule has 0 aliphatic carbocycles. The molecule has 0 radical (unpaired) electrons. The van der Waals surface area contributed by atoms with E-state index in [0.717, 1.165) is 11.8 Å². The second-order valence-electron chi connectivity index (χ2n) is 5.76. The van der Waals surface area contributed by atoms with Gasteiger partial charge in [0.1, 0.15) is 11.5 Å². The zero-order valence-electron chi connectivity index (χ0n) is 15.1. The Morgan fingerprint density at radius 3 is 2.42 bits per heavy atom.